The Hall–Kier alpha value is -2.05. The van der Waals surface area contributed by atoms with E-state index < -0.39 is 12.2 Å². The molecular formula is C21H26Cl2N4O4. The zero-order valence-electron chi connectivity index (χ0n) is 17.2. The maximum Gasteiger partial charge on any atom is 0.410 e. The number of morpholine rings is 1. The third-order valence-electron chi connectivity index (χ3n) is 5.42. The summed E-state index contributed by atoms with van der Waals surface area (Å²) >= 11 is 12.1. The van der Waals surface area contributed by atoms with Crippen LogP contribution in [0.3, 0.4) is 0 Å². The normalized spacial score (nSPS) is 19.5. The molecular weight excluding hydrogens is 443 g/mol. The number of rotatable bonds is 7. The number of carbonyl (C=O) groups excluding carboxylic acids is 2. The van der Waals surface area contributed by atoms with Crippen molar-refractivity contribution >= 4 is 35.2 Å². The molecule has 31 heavy (non-hydrogen) atoms. The second-order valence-corrected chi connectivity index (χ2v) is 8.33. The number of benzene rings is 1. The quantitative estimate of drug-likeness (QED) is 0.660. The summed E-state index contributed by atoms with van der Waals surface area (Å²) < 4.78 is 11.0. The van der Waals surface area contributed by atoms with Gasteiger partial charge in [-0.25, -0.2) is 4.79 Å². The summed E-state index contributed by atoms with van der Waals surface area (Å²) in [6, 6.07) is 7.13. The van der Waals surface area contributed by atoms with E-state index in [1.165, 1.54) is 4.90 Å². The fraction of sp³-hybridized carbons (Fsp3) is 0.571. The molecule has 1 aromatic carbocycles. The number of nitrogens with zero attached hydrogens (tertiary/aromatic N) is 3. The van der Waals surface area contributed by atoms with Crippen LogP contribution in [-0.2, 0) is 20.7 Å². The molecule has 2 unspecified atom stereocenters. The van der Waals surface area contributed by atoms with Crippen LogP contribution in [0.15, 0.2) is 18.2 Å². The van der Waals surface area contributed by atoms with E-state index >= 15 is 0 Å². The molecule has 3 rings (SSSR count). The molecule has 0 aliphatic carbocycles. The van der Waals surface area contributed by atoms with Crippen LogP contribution >= 0.6 is 23.2 Å². The number of nitrogens with one attached hydrogen (secondary N) is 1. The first-order chi connectivity index (χ1) is 15.0. The Labute approximate surface area is 192 Å². The molecule has 2 atom stereocenters. The zero-order valence-corrected chi connectivity index (χ0v) is 18.7. The van der Waals surface area contributed by atoms with Crippen LogP contribution in [0.4, 0.5) is 4.79 Å². The highest BCUT2D eigenvalue weighted by molar-refractivity contribution is 6.42. The lowest BCUT2D eigenvalue weighted by Crippen LogP contribution is -2.50. The monoisotopic (exact) mass is 468 g/mol. The van der Waals surface area contributed by atoms with Crippen molar-refractivity contribution in [1.29, 1.82) is 5.26 Å². The molecule has 168 valence electrons. The number of nitriles is 1. The van der Waals surface area contributed by atoms with E-state index in [-0.39, 0.29) is 31.3 Å². The van der Waals surface area contributed by atoms with Gasteiger partial charge in [-0.1, -0.05) is 29.3 Å². The van der Waals surface area contributed by atoms with Gasteiger partial charge < -0.3 is 24.6 Å². The lowest BCUT2D eigenvalue weighted by molar-refractivity contribution is -0.143. The Morgan fingerprint density at radius 1 is 1.32 bits per heavy atom. The van der Waals surface area contributed by atoms with Crippen LogP contribution in [0, 0.1) is 11.3 Å². The molecule has 8 nitrogen and oxygen atoms in total. The number of amides is 2. The minimum Gasteiger partial charge on any atom is -0.436 e. The fourth-order valence-corrected chi connectivity index (χ4v) is 4.06. The van der Waals surface area contributed by atoms with Crippen molar-refractivity contribution in [2.75, 3.05) is 45.9 Å². The zero-order chi connectivity index (χ0) is 22.2. The van der Waals surface area contributed by atoms with Gasteiger partial charge in [-0.3, -0.25) is 4.79 Å². The predicted molar refractivity (Wildman–Crippen MR) is 116 cm³/mol. The van der Waals surface area contributed by atoms with Gasteiger partial charge in [0.15, 0.2) is 6.10 Å². The van der Waals surface area contributed by atoms with Gasteiger partial charge in [0.25, 0.3) is 5.91 Å². The van der Waals surface area contributed by atoms with E-state index in [1.54, 1.807) is 23.1 Å². The van der Waals surface area contributed by atoms with E-state index in [4.69, 9.17) is 37.9 Å². The molecule has 0 aromatic heterocycles. The Kier molecular flexibility index (Phi) is 8.79. The second-order valence-electron chi connectivity index (χ2n) is 7.51. The third-order valence-corrected chi connectivity index (χ3v) is 6.15. The van der Waals surface area contributed by atoms with Gasteiger partial charge in [0.1, 0.15) is 0 Å². The highest BCUT2D eigenvalue weighted by Crippen LogP contribution is 2.24. The fourth-order valence-electron chi connectivity index (χ4n) is 3.74. The van der Waals surface area contributed by atoms with E-state index in [0.717, 1.165) is 18.5 Å². The number of carbonyl (C=O) groups is 2. The van der Waals surface area contributed by atoms with E-state index in [9.17, 15) is 9.59 Å². The standard InChI is InChI=1S/C21H26Cl2N4O4/c22-17-3-2-15(12-18(17)23)13-19(31-21(29)26-8-10-30-11-9-26)20(28)27(7-1-5-24)16-4-6-25-14-16/h2-3,12,16,19,25H,1,4,6-11,13-14H2. The van der Waals surface area contributed by atoms with Gasteiger partial charge in [-0.05, 0) is 30.7 Å². The highest BCUT2D eigenvalue weighted by atomic mass is 35.5. The summed E-state index contributed by atoms with van der Waals surface area (Å²) in [6.45, 7) is 3.42. The Morgan fingerprint density at radius 3 is 2.74 bits per heavy atom. The van der Waals surface area contributed by atoms with Crippen LogP contribution in [-0.4, -0.2) is 79.9 Å². The minimum atomic E-state index is -1.04. The van der Waals surface area contributed by atoms with Crippen LogP contribution in [0.5, 0.6) is 0 Å². The maximum atomic E-state index is 13.5. The first-order valence-electron chi connectivity index (χ1n) is 10.3. The van der Waals surface area contributed by atoms with Crippen molar-refractivity contribution in [2.24, 2.45) is 0 Å². The number of hydrogen-bond donors (Lipinski definition) is 1. The molecule has 10 heteroatoms. The molecule has 2 aliphatic heterocycles. The molecule has 2 fully saturated rings. The lowest BCUT2D eigenvalue weighted by Gasteiger charge is -2.33. The molecule has 2 aliphatic rings. The number of halogens is 2. The Balaban J connectivity index is 1.81. The molecule has 2 amide bonds. The summed E-state index contributed by atoms with van der Waals surface area (Å²) in [5.41, 5.74) is 0.729. The van der Waals surface area contributed by atoms with Crippen LogP contribution < -0.4 is 5.32 Å². The van der Waals surface area contributed by atoms with Crippen molar-refractivity contribution in [3.05, 3.63) is 33.8 Å². The average molecular weight is 469 g/mol. The van der Waals surface area contributed by atoms with Crippen LogP contribution in [0.25, 0.3) is 0 Å². The Morgan fingerprint density at radius 2 is 2.10 bits per heavy atom. The van der Waals surface area contributed by atoms with Crippen molar-refractivity contribution in [3.8, 4) is 6.07 Å². The van der Waals surface area contributed by atoms with Crippen molar-refractivity contribution < 1.29 is 19.1 Å². The van der Waals surface area contributed by atoms with Gasteiger partial charge in [0, 0.05) is 38.6 Å². The minimum absolute atomic E-state index is 0.0424. The SMILES string of the molecule is N#CCCN(C(=O)C(Cc1ccc(Cl)c(Cl)c1)OC(=O)N1CCOCC1)C1CCNC1. The van der Waals surface area contributed by atoms with Gasteiger partial charge in [0.2, 0.25) is 0 Å². The second kappa shape index (κ2) is 11.5. The average Bonchev–Trinajstić information content (AvgIpc) is 3.31. The first-order valence-corrected chi connectivity index (χ1v) is 11.1. The third kappa shape index (κ3) is 6.47. The van der Waals surface area contributed by atoms with E-state index in [2.05, 4.69) is 11.4 Å². The maximum absolute atomic E-state index is 13.5. The lowest BCUT2D eigenvalue weighted by atomic mass is 10.1. The number of ether oxygens (including phenoxy) is 2. The van der Waals surface area contributed by atoms with Crippen molar-refractivity contribution in [1.82, 2.24) is 15.1 Å². The summed E-state index contributed by atoms with van der Waals surface area (Å²) in [7, 11) is 0. The molecule has 2 saturated heterocycles. The van der Waals surface area contributed by atoms with Gasteiger partial charge in [-0.15, -0.1) is 0 Å². The van der Waals surface area contributed by atoms with Crippen LogP contribution in [0.2, 0.25) is 10.0 Å². The molecule has 0 bridgehead atoms. The molecule has 0 saturated carbocycles. The summed E-state index contributed by atoms with van der Waals surface area (Å²) in [4.78, 5) is 29.5. The van der Waals surface area contributed by atoms with E-state index in [1.807, 2.05) is 0 Å². The van der Waals surface area contributed by atoms with Gasteiger partial charge in [-0.2, -0.15) is 5.26 Å². The van der Waals surface area contributed by atoms with Crippen molar-refractivity contribution in [2.45, 2.75) is 31.4 Å². The summed E-state index contributed by atoms with van der Waals surface area (Å²) in [5.74, 6) is -0.309. The smallest absolute Gasteiger partial charge is 0.410 e. The molecule has 0 radical (unpaired) electrons. The molecule has 0 spiro atoms. The largest absolute Gasteiger partial charge is 0.436 e. The highest BCUT2D eigenvalue weighted by Gasteiger charge is 2.34. The predicted octanol–water partition coefficient (Wildman–Crippen LogP) is 2.48. The molecule has 1 N–H and O–H groups in total. The summed E-state index contributed by atoms with van der Waals surface area (Å²) in [6.07, 6.45) is -0.430. The Bertz CT molecular complexity index is 820. The number of hydrogen-bond acceptors (Lipinski definition) is 6. The topological polar surface area (TPSA) is 94.9 Å². The van der Waals surface area contributed by atoms with Gasteiger partial charge in [0.05, 0.1) is 35.7 Å². The first kappa shape index (κ1) is 23.6. The van der Waals surface area contributed by atoms with E-state index in [0.29, 0.717) is 42.9 Å². The molecule has 2 heterocycles. The summed E-state index contributed by atoms with van der Waals surface area (Å²) in [5, 5.41) is 13.1. The van der Waals surface area contributed by atoms with Gasteiger partial charge >= 0.3 is 6.09 Å². The molecule has 1 aromatic rings. The van der Waals surface area contributed by atoms with Crippen LogP contribution in [0.1, 0.15) is 18.4 Å². The van der Waals surface area contributed by atoms with Crippen molar-refractivity contribution in [3.63, 3.8) is 0 Å².